The van der Waals surface area contributed by atoms with Gasteiger partial charge in [-0.15, -0.1) is 0 Å². The second-order valence-electron chi connectivity index (χ2n) is 6.73. The van der Waals surface area contributed by atoms with Crippen molar-refractivity contribution in [2.24, 2.45) is 0 Å². The first-order chi connectivity index (χ1) is 15.9. The topological polar surface area (TPSA) is 114 Å². The maximum atomic E-state index is 12.1. The van der Waals surface area contributed by atoms with Gasteiger partial charge in [-0.3, -0.25) is 14.9 Å². The van der Waals surface area contributed by atoms with Crippen molar-refractivity contribution in [3.8, 4) is 17.6 Å². The van der Waals surface area contributed by atoms with Crippen LogP contribution in [0.15, 0.2) is 66.7 Å². The molecule has 0 heterocycles. The molecule has 1 amide bonds. The summed E-state index contributed by atoms with van der Waals surface area (Å²) in [5.74, 6) is 0.382. The molecule has 3 aromatic rings. The summed E-state index contributed by atoms with van der Waals surface area (Å²) in [5.41, 5.74) is 2.05. The van der Waals surface area contributed by atoms with Crippen molar-refractivity contribution in [3.63, 3.8) is 0 Å². The lowest BCUT2D eigenvalue weighted by molar-refractivity contribution is -0.384. The molecular weight excluding hydrogens is 446 g/mol. The molecule has 33 heavy (non-hydrogen) atoms. The zero-order valence-electron chi connectivity index (χ0n) is 17.4. The number of halogens is 1. The molecule has 0 aliphatic rings. The second-order valence-corrected chi connectivity index (χ2v) is 7.16. The van der Waals surface area contributed by atoms with E-state index in [2.05, 4.69) is 11.4 Å². The lowest BCUT2D eigenvalue weighted by atomic mass is 10.0. The molecule has 0 saturated carbocycles. The number of allylic oxidation sites excluding steroid dienone is 1. The number of nitro benzene ring substituents is 1. The van der Waals surface area contributed by atoms with Crippen molar-refractivity contribution >= 4 is 40.5 Å². The Morgan fingerprint density at radius 3 is 2.42 bits per heavy atom. The van der Waals surface area contributed by atoms with Crippen LogP contribution in [0.3, 0.4) is 0 Å². The average Bonchev–Trinajstić information content (AvgIpc) is 2.83. The molecule has 1 N–H and O–H groups in total. The Hall–Kier alpha value is -4.35. The third-order valence-electron chi connectivity index (χ3n) is 4.50. The monoisotopic (exact) mass is 463 g/mol. The number of non-ortho nitro benzene ring substituents is 1. The Morgan fingerprint density at radius 1 is 1.12 bits per heavy atom. The molecular formula is C24H18ClN3O5. The number of methoxy groups -OCH3 is 1. The van der Waals surface area contributed by atoms with Gasteiger partial charge in [-0.05, 0) is 65.7 Å². The number of ether oxygens (including phenoxy) is 2. The molecule has 9 heteroatoms. The quantitative estimate of drug-likeness (QED) is 0.209. The van der Waals surface area contributed by atoms with Gasteiger partial charge < -0.3 is 14.8 Å². The molecule has 0 aromatic heterocycles. The molecule has 0 spiro atoms. The van der Waals surface area contributed by atoms with Gasteiger partial charge in [0.25, 0.3) is 11.6 Å². The number of nitrogens with one attached hydrogen (secondary N) is 1. The van der Waals surface area contributed by atoms with E-state index in [0.717, 1.165) is 0 Å². The number of carbonyl (C=O) groups excluding carboxylic acids is 1. The van der Waals surface area contributed by atoms with E-state index >= 15 is 0 Å². The number of rotatable bonds is 8. The van der Waals surface area contributed by atoms with E-state index in [1.54, 1.807) is 48.5 Å². The lowest BCUT2D eigenvalue weighted by Crippen LogP contribution is -2.20. The highest BCUT2D eigenvalue weighted by atomic mass is 35.5. The summed E-state index contributed by atoms with van der Waals surface area (Å²) in [6.45, 7) is -0.236. The normalized spacial score (nSPS) is 10.8. The lowest BCUT2D eigenvalue weighted by Gasteiger charge is -2.12. The first-order valence-electron chi connectivity index (χ1n) is 9.62. The summed E-state index contributed by atoms with van der Waals surface area (Å²) >= 11 is 5.83. The maximum Gasteiger partial charge on any atom is 0.269 e. The van der Waals surface area contributed by atoms with Gasteiger partial charge >= 0.3 is 0 Å². The van der Waals surface area contributed by atoms with Gasteiger partial charge in [0.2, 0.25) is 0 Å². The first-order valence-corrected chi connectivity index (χ1v) is 10.0. The van der Waals surface area contributed by atoms with Gasteiger partial charge in [-0.1, -0.05) is 17.7 Å². The highest BCUT2D eigenvalue weighted by Gasteiger charge is 2.11. The number of nitrogens with zero attached hydrogens (tertiary/aromatic N) is 2. The van der Waals surface area contributed by atoms with Gasteiger partial charge in [-0.2, -0.15) is 5.26 Å². The molecule has 8 nitrogen and oxygen atoms in total. The number of amides is 1. The van der Waals surface area contributed by atoms with Crippen LogP contribution in [0.1, 0.15) is 11.1 Å². The van der Waals surface area contributed by atoms with Gasteiger partial charge in [0.1, 0.15) is 0 Å². The van der Waals surface area contributed by atoms with E-state index in [1.807, 2.05) is 0 Å². The fourth-order valence-corrected chi connectivity index (χ4v) is 3.00. The fourth-order valence-electron chi connectivity index (χ4n) is 2.88. The summed E-state index contributed by atoms with van der Waals surface area (Å²) in [4.78, 5) is 22.5. The van der Waals surface area contributed by atoms with Crippen molar-refractivity contribution in [1.29, 1.82) is 5.26 Å². The van der Waals surface area contributed by atoms with Gasteiger partial charge in [0.05, 0.1) is 23.7 Å². The fraction of sp³-hybridized carbons (Fsp3) is 0.0833. The van der Waals surface area contributed by atoms with Crippen LogP contribution in [0.2, 0.25) is 5.02 Å². The van der Waals surface area contributed by atoms with Crippen molar-refractivity contribution in [2.75, 3.05) is 19.0 Å². The first kappa shape index (κ1) is 23.3. The molecule has 3 rings (SSSR count). The zero-order valence-corrected chi connectivity index (χ0v) is 18.2. The Balaban J connectivity index is 1.71. The maximum absolute atomic E-state index is 12.1. The van der Waals surface area contributed by atoms with Gasteiger partial charge in [0.15, 0.2) is 18.1 Å². The molecule has 0 aliphatic carbocycles. The third-order valence-corrected chi connectivity index (χ3v) is 4.75. The second kappa shape index (κ2) is 10.8. The molecule has 0 unspecified atom stereocenters. The molecule has 0 fully saturated rings. The third kappa shape index (κ3) is 6.32. The largest absolute Gasteiger partial charge is 0.493 e. The minimum absolute atomic E-state index is 0.0562. The minimum atomic E-state index is -0.501. The number of hydrogen-bond donors (Lipinski definition) is 1. The van der Waals surface area contributed by atoms with Crippen molar-refractivity contribution in [3.05, 3.63) is 93.0 Å². The van der Waals surface area contributed by atoms with Crippen LogP contribution in [0.25, 0.3) is 11.6 Å². The molecule has 166 valence electrons. The summed E-state index contributed by atoms with van der Waals surface area (Å²) < 4.78 is 10.9. The number of benzene rings is 3. The van der Waals surface area contributed by atoms with Crippen LogP contribution in [-0.4, -0.2) is 24.5 Å². The highest BCUT2D eigenvalue weighted by molar-refractivity contribution is 6.30. The van der Waals surface area contributed by atoms with Crippen molar-refractivity contribution in [1.82, 2.24) is 0 Å². The standard InChI is InChI=1S/C24H18ClN3O5/c1-32-23-13-16(12-18(14-26)17-3-9-21(10-4-17)28(30)31)2-11-22(23)33-15-24(29)27-20-7-5-19(25)6-8-20/h2-13H,15H2,1H3,(H,27,29)/b18-12+. The number of nitriles is 1. The smallest absolute Gasteiger partial charge is 0.269 e. The van der Waals surface area contributed by atoms with E-state index in [1.165, 1.54) is 31.4 Å². The minimum Gasteiger partial charge on any atom is -0.493 e. The summed E-state index contributed by atoms with van der Waals surface area (Å²) in [5, 5.41) is 23.6. The number of anilines is 1. The van der Waals surface area contributed by atoms with Crippen molar-refractivity contribution in [2.45, 2.75) is 0 Å². The van der Waals surface area contributed by atoms with E-state index in [4.69, 9.17) is 21.1 Å². The number of hydrogen-bond acceptors (Lipinski definition) is 6. The molecule has 0 aliphatic heterocycles. The Bertz CT molecular complexity index is 1230. The van der Waals surface area contributed by atoms with Crippen LogP contribution in [0.4, 0.5) is 11.4 Å². The van der Waals surface area contributed by atoms with Crippen molar-refractivity contribution < 1.29 is 19.2 Å². The molecule has 3 aromatic carbocycles. The Labute approximate surface area is 194 Å². The average molecular weight is 464 g/mol. The predicted molar refractivity (Wildman–Crippen MR) is 125 cm³/mol. The SMILES string of the molecule is COc1cc(/C=C(\C#N)c2ccc([N+](=O)[O-])cc2)ccc1OCC(=O)Nc1ccc(Cl)cc1. The van der Waals surface area contributed by atoms with Crippen LogP contribution in [0, 0.1) is 21.4 Å². The Morgan fingerprint density at radius 2 is 1.82 bits per heavy atom. The zero-order chi connectivity index (χ0) is 23.8. The molecule has 0 bridgehead atoms. The van der Waals surface area contributed by atoms with Crippen LogP contribution in [0.5, 0.6) is 11.5 Å². The Kier molecular flexibility index (Phi) is 7.63. The predicted octanol–water partition coefficient (Wildman–Crippen LogP) is 5.34. The van der Waals surface area contributed by atoms with E-state index in [9.17, 15) is 20.2 Å². The summed E-state index contributed by atoms with van der Waals surface area (Å²) in [7, 11) is 1.46. The van der Waals surface area contributed by atoms with Gasteiger partial charge in [-0.25, -0.2) is 0 Å². The van der Waals surface area contributed by atoms with Crippen LogP contribution >= 0.6 is 11.6 Å². The van der Waals surface area contributed by atoms with E-state index in [-0.39, 0.29) is 18.2 Å². The summed E-state index contributed by atoms with van der Waals surface area (Å²) in [6, 6.07) is 19.5. The number of carbonyl (C=O) groups is 1. The number of nitro groups is 1. The van der Waals surface area contributed by atoms with Crippen LogP contribution in [-0.2, 0) is 4.79 Å². The van der Waals surface area contributed by atoms with Crippen LogP contribution < -0.4 is 14.8 Å². The summed E-state index contributed by atoms with van der Waals surface area (Å²) in [6.07, 6.45) is 1.63. The van der Waals surface area contributed by atoms with E-state index in [0.29, 0.717) is 38.9 Å². The molecule has 0 saturated heterocycles. The molecule has 0 radical (unpaired) electrons. The van der Waals surface area contributed by atoms with Gasteiger partial charge in [0, 0.05) is 22.8 Å². The highest BCUT2D eigenvalue weighted by Crippen LogP contribution is 2.30. The van der Waals surface area contributed by atoms with E-state index < -0.39 is 4.92 Å². The molecule has 0 atom stereocenters.